The molecule has 1 saturated heterocycles. The number of nitrogens with zero attached hydrogens (tertiary/aromatic N) is 3. The number of methoxy groups -OCH3 is 1. The topological polar surface area (TPSA) is 57.3 Å². The molecule has 1 aliphatic heterocycles. The van der Waals surface area contributed by atoms with Gasteiger partial charge in [0.1, 0.15) is 6.61 Å². The Bertz CT molecular complexity index is 872. The fourth-order valence-electron chi connectivity index (χ4n) is 4.25. The monoisotopic (exact) mass is 454 g/mol. The van der Waals surface area contributed by atoms with E-state index in [9.17, 15) is 4.79 Å². The molecule has 0 radical (unpaired) electrons. The average Bonchev–Trinajstić information content (AvgIpc) is 2.82. The van der Waals surface area contributed by atoms with Crippen molar-refractivity contribution >= 4 is 17.4 Å². The second-order valence-electron chi connectivity index (χ2n) is 8.88. The largest absolute Gasteiger partial charge is 0.493 e. The van der Waals surface area contributed by atoms with Crippen molar-refractivity contribution < 1.29 is 14.3 Å². The summed E-state index contributed by atoms with van der Waals surface area (Å²) in [5.41, 5.74) is 1.90. The normalized spacial score (nSPS) is 14.2. The average molecular weight is 455 g/mol. The van der Waals surface area contributed by atoms with Gasteiger partial charge in [0.2, 0.25) is 0 Å². The molecular weight excluding hydrogens is 416 g/mol. The third kappa shape index (κ3) is 6.78. The molecule has 0 aromatic heterocycles. The van der Waals surface area contributed by atoms with E-state index >= 15 is 0 Å². The van der Waals surface area contributed by atoms with Gasteiger partial charge in [-0.25, -0.2) is 4.79 Å². The molecule has 1 heterocycles. The molecule has 0 atom stereocenters. The molecule has 3 rings (SSSR count). The Morgan fingerprint density at radius 3 is 2.24 bits per heavy atom. The number of benzene rings is 2. The van der Waals surface area contributed by atoms with Gasteiger partial charge in [-0.3, -0.25) is 4.90 Å². The number of para-hydroxylation sites is 1. The minimum atomic E-state index is -0.0929. The van der Waals surface area contributed by atoms with E-state index < -0.39 is 0 Å². The molecule has 0 spiro atoms. The Hall–Kier alpha value is -2.93. The van der Waals surface area contributed by atoms with Crippen LogP contribution in [0.5, 0.6) is 11.5 Å². The maximum atomic E-state index is 12.8. The van der Waals surface area contributed by atoms with Crippen molar-refractivity contribution in [1.29, 1.82) is 0 Å². The smallest absolute Gasteiger partial charge is 0.321 e. The van der Waals surface area contributed by atoms with Crippen LogP contribution in [0.2, 0.25) is 0 Å². The van der Waals surface area contributed by atoms with Gasteiger partial charge in [0, 0.05) is 62.2 Å². The number of nitrogens with one attached hydrogen (secondary N) is 1. The van der Waals surface area contributed by atoms with Gasteiger partial charge in [0.15, 0.2) is 11.5 Å². The standard InChI is InChI=1S/C26H38N4O3/c1-20(2)30(21(3)4)17-18-33-25-19-22(11-12-24(25)32-5)27-26(31)29-15-13-28(14-16-29)23-9-7-6-8-10-23/h6-12,19-21H,13-18H2,1-5H3,(H,27,31). The van der Waals surface area contributed by atoms with Crippen molar-refractivity contribution in [2.24, 2.45) is 0 Å². The fourth-order valence-corrected chi connectivity index (χ4v) is 4.25. The SMILES string of the molecule is COc1ccc(NC(=O)N2CCN(c3ccccc3)CC2)cc1OCCN(C(C)C)C(C)C. The van der Waals surface area contributed by atoms with E-state index in [4.69, 9.17) is 9.47 Å². The van der Waals surface area contributed by atoms with E-state index in [0.717, 1.165) is 19.6 Å². The number of piperazine rings is 1. The molecule has 7 heteroatoms. The van der Waals surface area contributed by atoms with E-state index in [0.29, 0.717) is 49.0 Å². The Morgan fingerprint density at radius 2 is 1.64 bits per heavy atom. The third-order valence-electron chi connectivity index (χ3n) is 6.04. The predicted octanol–water partition coefficient (Wildman–Crippen LogP) is 4.55. The molecule has 180 valence electrons. The summed E-state index contributed by atoms with van der Waals surface area (Å²) in [4.78, 5) is 19.4. The number of anilines is 2. The summed E-state index contributed by atoms with van der Waals surface area (Å²) in [6.07, 6.45) is 0. The number of hydrogen-bond acceptors (Lipinski definition) is 5. The Morgan fingerprint density at radius 1 is 0.970 bits per heavy atom. The number of ether oxygens (including phenoxy) is 2. The lowest BCUT2D eigenvalue weighted by atomic mass is 10.2. The molecule has 1 aliphatic rings. The number of hydrogen-bond donors (Lipinski definition) is 1. The number of rotatable bonds is 9. The molecule has 0 aliphatic carbocycles. The summed E-state index contributed by atoms with van der Waals surface area (Å²) in [7, 11) is 1.63. The molecule has 2 aromatic carbocycles. The van der Waals surface area contributed by atoms with E-state index in [1.165, 1.54) is 5.69 Å². The molecule has 2 amide bonds. The zero-order chi connectivity index (χ0) is 23.8. The van der Waals surface area contributed by atoms with Gasteiger partial charge in [0.25, 0.3) is 0 Å². The molecule has 0 unspecified atom stereocenters. The van der Waals surface area contributed by atoms with Crippen LogP contribution in [-0.2, 0) is 0 Å². The van der Waals surface area contributed by atoms with Crippen LogP contribution in [0.1, 0.15) is 27.7 Å². The van der Waals surface area contributed by atoms with Gasteiger partial charge >= 0.3 is 6.03 Å². The Labute approximate surface area is 198 Å². The second-order valence-corrected chi connectivity index (χ2v) is 8.88. The van der Waals surface area contributed by atoms with Gasteiger partial charge in [0.05, 0.1) is 7.11 Å². The number of urea groups is 1. The number of amides is 2. The zero-order valence-corrected chi connectivity index (χ0v) is 20.6. The lowest BCUT2D eigenvalue weighted by Crippen LogP contribution is -2.50. The molecule has 0 saturated carbocycles. The summed E-state index contributed by atoms with van der Waals surface area (Å²) < 4.78 is 11.5. The highest BCUT2D eigenvalue weighted by molar-refractivity contribution is 5.90. The van der Waals surface area contributed by atoms with E-state index in [-0.39, 0.29) is 6.03 Å². The van der Waals surface area contributed by atoms with Crippen LogP contribution >= 0.6 is 0 Å². The van der Waals surface area contributed by atoms with Crippen LogP contribution in [-0.4, -0.2) is 74.4 Å². The lowest BCUT2D eigenvalue weighted by Gasteiger charge is -2.36. The molecule has 2 aromatic rings. The number of carbonyl (C=O) groups excluding carboxylic acids is 1. The molecule has 0 bridgehead atoms. The van der Waals surface area contributed by atoms with E-state index in [1.807, 2.05) is 41.3 Å². The van der Waals surface area contributed by atoms with Crippen molar-refractivity contribution in [3.05, 3.63) is 48.5 Å². The fraction of sp³-hybridized carbons (Fsp3) is 0.500. The highest BCUT2D eigenvalue weighted by Gasteiger charge is 2.22. The van der Waals surface area contributed by atoms with Gasteiger partial charge in [-0.15, -0.1) is 0 Å². The summed E-state index contributed by atoms with van der Waals surface area (Å²) in [6, 6.07) is 16.6. The van der Waals surface area contributed by atoms with Gasteiger partial charge in [-0.1, -0.05) is 18.2 Å². The van der Waals surface area contributed by atoms with Crippen LogP contribution in [0.3, 0.4) is 0 Å². The summed E-state index contributed by atoms with van der Waals surface area (Å²) in [5.74, 6) is 1.29. The zero-order valence-electron chi connectivity index (χ0n) is 20.6. The maximum absolute atomic E-state index is 12.8. The van der Waals surface area contributed by atoms with Crippen LogP contribution in [0.4, 0.5) is 16.2 Å². The van der Waals surface area contributed by atoms with Crippen LogP contribution < -0.4 is 19.7 Å². The Kier molecular flexibility index (Phi) is 8.83. The van der Waals surface area contributed by atoms with Crippen molar-refractivity contribution in [2.75, 3.05) is 56.7 Å². The van der Waals surface area contributed by atoms with Crippen molar-refractivity contribution in [3.8, 4) is 11.5 Å². The summed E-state index contributed by atoms with van der Waals surface area (Å²) in [5, 5.41) is 3.02. The predicted molar refractivity (Wildman–Crippen MR) is 135 cm³/mol. The maximum Gasteiger partial charge on any atom is 0.321 e. The number of carbonyl (C=O) groups is 1. The first kappa shape index (κ1) is 24.7. The van der Waals surface area contributed by atoms with Gasteiger partial charge in [-0.2, -0.15) is 0 Å². The van der Waals surface area contributed by atoms with Crippen molar-refractivity contribution in [2.45, 2.75) is 39.8 Å². The summed E-state index contributed by atoms with van der Waals surface area (Å²) >= 11 is 0. The molecular formula is C26H38N4O3. The Balaban J connectivity index is 1.56. The van der Waals surface area contributed by atoms with Crippen molar-refractivity contribution in [3.63, 3.8) is 0 Å². The first-order chi connectivity index (χ1) is 15.9. The van der Waals surface area contributed by atoms with Gasteiger partial charge in [-0.05, 0) is 52.0 Å². The lowest BCUT2D eigenvalue weighted by molar-refractivity contribution is 0.140. The first-order valence-corrected chi connectivity index (χ1v) is 11.8. The van der Waals surface area contributed by atoms with E-state index in [2.05, 4.69) is 54.9 Å². The highest BCUT2D eigenvalue weighted by Crippen LogP contribution is 2.30. The quantitative estimate of drug-likeness (QED) is 0.603. The first-order valence-electron chi connectivity index (χ1n) is 11.8. The minimum absolute atomic E-state index is 0.0929. The summed E-state index contributed by atoms with van der Waals surface area (Å²) in [6.45, 7) is 13.1. The minimum Gasteiger partial charge on any atom is -0.493 e. The van der Waals surface area contributed by atoms with Crippen LogP contribution in [0, 0.1) is 0 Å². The highest BCUT2D eigenvalue weighted by atomic mass is 16.5. The van der Waals surface area contributed by atoms with Crippen LogP contribution in [0.25, 0.3) is 0 Å². The van der Waals surface area contributed by atoms with E-state index in [1.54, 1.807) is 7.11 Å². The molecule has 1 N–H and O–H groups in total. The third-order valence-corrected chi connectivity index (χ3v) is 6.04. The molecule has 7 nitrogen and oxygen atoms in total. The van der Waals surface area contributed by atoms with Crippen molar-refractivity contribution in [1.82, 2.24) is 9.80 Å². The molecule has 33 heavy (non-hydrogen) atoms. The van der Waals surface area contributed by atoms with Crippen LogP contribution in [0.15, 0.2) is 48.5 Å². The second kappa shape index (κ2) is 11.8. The molecule has 1 fully saturated rings. The van der Waals surface area contributed by atoms with Gasteiger partial charge < -0.3 is 24.6 Å².